The molecule has 1 amide bonds. The minimum atomic E-state index is -0.292. The molecule has 0 unspecified atom stereocenters. The average Bonchev–Trinajstić information content (AvgIpc) is 3.23. The zero-order chi connectivity index (χ0) is 20.2. The van der Waals surface area contributed by atoms with Gasteiger partial charge >= 0.3 is 0 Å². The summed E-state index contributed by atoms with van der Waals surface area (Å²) in [5, 5.41) is 14.2. The maximum atomic E-state index is 13.1. The third kappa shape index (κ3) is 4.41. The van der Waals surface area contributed by atoms with Crippen LogP contribution in [0.4, 0.5) is 15.3 Å². The summed E-state index contributed by atoms with van der Waals surface area (Å²) in [6.45, 7) is 1.46. The second-order valence-electron chi connectivity index (χ2n) is 6.81. The highest BCUT2D eigenvalue weighted by molar-refractivity contribution is 7.14. The van der Waals surface area contributed by atoms with Gasteiger partial charge in [-0.1, -0.05) is 0 Å². The normalized spacial score (nSPS) is 14.4. The van der Waals surface area contributed by atoms with Crippen LogP contribution in [0.5, 0.6) is 0 Å². The van der Waals surface area contributed by atoms with Crippen LogP contribution in [0.3, 0.4) is 0 Å². The van der Waals surface area contributed by atoms with Crippen LogP contribution in [-0.4, -0.2) is 29.0 Å². The molecular weight excluding hydrogens is 389 g/mol. The molecule has 1 aliphatic rings. The number of hydrogen-bond donors (Lipinski definition) is 1. The molecule has 1 fully saturated rings. The smallest absolute Gasteiger partial charge is 0.229 e. The molecule has 0 atom stereocenters. The Morgan fingerprint density at radius 2 is 1.97 bits per heavy atom. The molecule has 0 bridgehead atoms. The predicted octanol–water partition coefficient (Wildman–Crippen LogP) is 4.07. The molecule has 6 nitrogen and oxygen atoms in total. The number of hydrogen-bond acceptors (Lipinski definition) is 6. The summed E-state index contributed by atoms with van der Waals surface area (Å²) in [4.78, 5) is 23.5. The molecule has 0 spiro atoms. The molecule has 146 valence electrons. The molecular formula is C21H18FN5OS. The Hall–Kier alpha value is -3.31. The zero-order valence-corrected chi connectivity index (χ0v) is 16.3. The molecule has 0 aliphatic carbocycles. The maximum Gasteiger partial charge on any atom is 0.229 e. The summed E-state index contributed by atoms with van der Waals surface area (Å²) < 4.78 is 13.1. The fourth-order valence-corrected chi connectivity index (χ4v) is 4.02. The topological polar surface area (TPSA) is 81.9 Å². The quantitative estimate of drug-likeness (QED) is 0.705. The summed E-state index contributed by atoms with van der Waals surface area (Å²) in [5.74, 6) is 0.423. The standard InChI is InChI=1S/C21H18FN5OS/c22-17-4-2-15(3-5-17)18-13-29-21(25-18)26-20(28)16-7-9-27(10-8-16)19-6-1-14(11-23)12-24-19/h1-6,12-13,16H,7-10H2,(H,25,26,28). The number of nitriles is 1. The number of thiazole rings is 1. The van der Waals surface area contributed by atoms with Gasteiger partial charge in [-0.25, -0.2) is 14.4 Å². The van der Waals surface area contributed by atoms with Crippen LogP contribution < -0.4 is 10.2 Å². The van der Waals surface area contributed by atoms with E-state index in [-0.39, 0.29) is 17.6 Å². The van der Waals surface area contributed by atoms with E-state index >= 15 is 0 Å². The van der Waals surface area contributed by atoms with E-state index < -0.39 is 0 Å². The summed E-state index contributed by atoms with van der Waals surface area (Å²) in [6, 6.07) is 11.8. The largest absolute Gasteiger partial charge is 0.357 e. The van der Waals surface area contributed by atoms with Crippen molar-refractivity contribution in [2.75, 3.05) is 23.3 Å². The van der Waals surface area contributed by atoms with E-state index in [0.29, 0.717) is 16.4 Å². The number of carbonyl (C=O) groups is 1. The number of aromatic nitrogens is 2. The highest BCUT2D eigenvalue weighted by Gasteiger charge is 2.26. The van der Waals surface area contributed by atoms with Crippen molar-refractivity contribution >= 4 is 28.2 Å². The van der Waals surface area contributed by atoms with Crippen LogP contribution in [-0.2, 0) is 4.79 Å². The first-order valence-corrected chi connectivity index (χ1v) is 10.1. The van der Waals surface area contributed by atoms with Gasteiger partial charge in [0.1, 0.15) is 17.7 Å². The van der Waals surface area contributed by atoms with Gasteiger partial charge in [-0.15, -0.1) is 11.3 Å². The van der Waals surface area contributed by atoms with E-state index in [9.17, 15) is 9.18 Å². The zero-order valence-electron chi connectivity index (χ0n) is 15.5. The number of nitrogens with zero attached hydrogens (tertiary/aromatic N) is 4. The Morgan fingerprint density at radius 3 is 2.62 bits per heavy atom. The average molecular weight is 407 g/mol. The summed E-state index contributed by atoms with van der Waals surface area (Å²) in [6.07, 6.45) is 3.02. The molecule has 2 aromatic heterocycles. The Kier molecular flexibility index (Phi) is 5.49. The number of carbonyl (C=O) groups excluding carboxylic acids is 1. The minimum Gasteiger partial charge on any atom is -0.357 e. The SMILES string of the molecule is N#Cc1ccc(N2CCC(C(=O)Nc3nc(-c4ccc(F)cc4)cs3)CC2)nc1. The van der Waals surface area contributed by atoms with Crippen LogP contribution in [0.15, 0.2) is 48.0 Å². The van der Waals surface area contributed by atoms with Gasteiger partial charge in [-0.05, 0) is 49.2 Å². The molecule has 3 heterocycles. The molecule has 8 heteroatoms. The Morgan fingerprint density at radius 1 is 1.21 bits per heavy atom. The highest BCUT2D eigenvalue weighted by atomic mass is 32.1. The highest BCUT2D eigenvalue weighted by Crippen LogP contribution is 2.27. The van der Waals surface area contributed by atoms with Crippen molar-refractivity contribution in [3.05, 3.63) is 59.4 Å². The van der Waals surface area contributed by atoms with Gasteiger partial charge in [0.2, 0.25) is 5.91 Å². The fraction of sp³-hybridized carbons (Fsp3) is 0.238. The van der Waals surface area contributed by atoms with E-state index in [4.69, 9.17) is 5.26 Å². The Bertz CT molecular complexity index is 1030. The second-order valence-corrected chi connectivity index (χ2v) is 7.67. The maximum absolute atomic E-state index is 13.1. The van der Waals surface area contributed by atoms with Crippen LogP contribution in [0.1, 0.15) is 18.4 Å². The Labute approximate surface area is 171 Å². The molecule has 1 saturated heterocycles. The van der Waals surface area contributed by atoms with Crippen molar-refractivity contribution < 1.29 is 9.18 Å². The van der Waals surface area contributed by atoms with Crippen molar-refractivity contribution in [1.29, 1.82) is 5.26 Å². The molecule has 29 heavy (non-hydrogen) atoms. The number of benzene rings is 1. The molecule has 4 rings (SSSR count). The van der Waals surface area contributed by atoms with Gasteiger partial charge in [-0.2, -0.15) is 5.26 Å². The minimum absolute atomic E-state index is 0.0301. The summed E-state index contributed by atoms with van der Waals surface area (Å²) in [7, 11) is 0. The lowest BCUT2D eigenvalue weighted by atomic mass is 9.96. The Balaban J connectivity index is 1.33. The number of halogens is 1. The number of piperidine rings is 1. The lowest BCUT2D eigenvalue weighted by Crippen LogP contribution is -2.38. The van der Waals surface area contributed by atoms with Gasteiger partial charge in [-0.3, -0.25) is 4.79 Å². The molecule has 3 aromatic rings. The van der Waals surface area contributed by atoms with Crippen molar-refractivity contribution in [3.8, 4) is 17.3 Å². The van der Waals surface area contributed by atoms with E-state index in [0.717, 1.165) is 37.3 Å². The molecule has 1 aliphatic heterocycles. The summed E-state index contributed by atoms with van der Waals surface area (Å²) >= 11 is 1.36. The predicted molar refractivity (Wildman–Crippen MR) is 110 cm³/mol. The van der Waals surface area contributed by atoms with E-state index in [1.807, 2.05) is 11.4 Å². The van der Waals surface area contributed by atoms with Gasteiger partial charge in [0.05, 0.1) is 11.3 Å². The van der Waals surface area contributed by atoms with Gasteiger partial charge in [0.15, 0.2) is 5.13 Å². The monoisotopic (exact) mass is 407 g/mol. The number of anilines is 2. The third-order valence-electron chi connectivity index (χ3n) is 4.94. The van der Waals surface area contributed by atoms with Crippen LogP contribution in [0.2, 0.25) is 0 Å². The van der Waals surface area contributed by atoms with Crippen molar-refractivity contribution in [2.24, 2.45) is 5.92 Å². The van der Waals surface area contributed by atoms with Crippen LogP contribution in [0, 0.1) is 23.1 Å². The van der Waals surface area contributed by atoms with Crippen molar-refractivity contribution in [1.82, 2.24) is 9.97 Å². The first-order chi connectivity index (χ1) is 14.1. The van der Waals surface area contributed by atoms with E-state index in [2.05, 4.69) is 26.3 Å². The van der Waals surface area contributed by atoms with Crippen LogP contribution in [0.25, 0.3) is 11.3 Å². The molecule has 1 aromatic carbocycles. The van der Waals surface area contributed by atoms with E-state index in [1.54, 1.807) is 24.4 Å². The van der Waals surface area contributed by atoms with Gasteiger partial charge in [0.25, 0.3) is 0 Å². The number of pyridine rings is 1. The van der Waals surface area contributed by atoms with Gasteiger partial charge < -0.3 is 10.2 Å². The number of nitrogens with one attached hydrogen (secondary N) is 1. The van der Waals surface area contributed by atoms with Crippen LogP contribution >= 0.6 is 11.3 Å². The number of rotatable bonds is 4. The molecule has 0 radical (unpaired) electrons. The molecule has 0 saturated carbocycles. The first kappa shape index (κ1) is 19.0. The fourth-order valence-electron chi connectivity index (χ4n) is 3.30. The number of amides is 1. The summed E-state index contributed by atoms with van der Waals surface area (Å²) in [5.41, 5.74) is 2.06. The van der Waals surface area contributed by atoms with Crippen molar-refractivity contribution in [2.45, 2.75) is 12.8 Å². The van der Waals surface area contributed by atoms with Crippen molar-refractivity contribution in [3.63, 3.8) is 0 Å². The second kappa shape index (κ2) is 8.37. The van der Waals surface area contributed by atoms with Gasteiger partial charge in [0, 0.05) is 36.1 Å². The lowest BCUT2D eigenvalue weighted by molar-refractivity contribution is -0.120. The third-order valence-corrected chi connectivity index (χ3v) is 5.70. The van der Waals surface area contributed by atoms with E-state index in [1.165, 1.54) is 23.5 Å². The lowest BCUT2D eigenvalue weighted by Gasteiger charge is -2.31. The molecule has 1 N–H and O–H groups in total. The first-order valence-electron chi connectivity index (χ1n) is 9.26.